The second-order valence-corrected chi connectivity index (χ2v) is 8.06. The van der Waals surface area contributed by atoms with Crippen molar-refractivity contribution in [2.75, 3.05) is 6.54 Å². The Morgan fingerprint density at radius 3 is 2.59 bits per heavy atom. The zero-order valence-corrected chi connectivity index (χ0v) is 16.6. The predicted octanol–water partition coefficient (Wildman–Crippen LogP) is 3.23. The van der Waals surface area contributed by atoms with Crippen molar-refractivity contribution in [2.24, 2.45) is 0 Å². The van der Waals surface area contributed by atoms with E-state index in [2.05, 4.69) is 27.8 Å². The lowest BCUT2D eigenvalue weighted by Gasteiger charge is -2.36. The third-order valence-corrected chi connectivity index (χ3v) is 5.89. The number of carbonyl (C=O) groups excluding carboxylic acids is 2. The molecule has 0 bridgehead atoms. The van der Waals surface area contributed by atoms with Crippen LogP contribution in [0.15, 0.2) is 35.7 Å². The molecule has 3 rings (SSSR count). The highest BCUT2D eigenvalue weighted by atomic mass is 32.1. The highest BCUT2D eigenvalue weighted by Crippen LogP contribution is 2.28. The molecule has 1 aromatic carbocycles. The Balaban J connectivity index is 1.61. The number of thiazole rings is 1. The van der Waals surface area contributed by atoms with Crippen LogP contribution in [0.25, 0.3) is 0 Å². The summed E-state index contributed by atoms with van der Waals surface area (Å²) in [4.78, 5) is 29.8. The molecule has 0 spiro atoms. The first-order chi connectivity index (χ1) is 13.1. The fourth-order valence-electron chi connectivity index (χ4n) is 3.65. The summed E-state index contributed by atoms with van der Waals surface area (Å²) in [5.41, 5.74) is 1.22. The van der Waals surface area contributed by atoms with Gasteiger partial charge < -0.3 is 10.6 Å². The minimum absolute atomic E-state index is 0.0545. The summed E-state index contributed by atoms with van der Waals surface area (Å²) in [6.45, 7) is 2.48. The lowest BCUT2D eigenvalue weighted by molar-refractivity contribution is -0.134. The Kier molecular flexibility index (Phi) is 6.61. The highest BCUT2D eigenvalue weighted by Gasteiger charge is 2.40. The van der Waals surface area contributed by atoms with Crippen LogP contribution < -0.4 is 10.6 Å². The van der Waals surface area contributed by atoms with Crippen LogP contribution in [0, 0.1) is 0 Å². The second kappa shape index (κ2) is 9.13. The number of amides is 2. The summed E-state index contributed by atoms with van der Waals surface area (Å²) in [6, 6.07) is 10.2. The molecule has 1 heterocycles. The van der Waals surface area contributed by atoms with E-state index in [0.29, 0.717) is 19.4 Å². The largest absolute Gasteiger partial charge is 0.354 e. The zero-order chi connectivity index (χ0) is 19.1. The van der Waals surface area contributed by atoms with Gasteiger partial charge in [-0.25, -0.2) is 4.98 Å². The number of nitrogens with zero attached hydrogens (tertiary/aromatic N) is 1. The lowest BCUT2D eigenvalue weighted by atomic mass is 9.80. The molecular weight excluding hydrogens is 358 g/mol. The molecule has 0 saturated heterocycles. The number of rotatable bonds is 7. The third-order valence-electron chi connectivity index (χ3n) is 5.00. The molecule has 1 aliphatic carbocycles. The van der Waals surface area contributed by atoms with Crippen molar-refractivity contribution in [2.45, 2.75) is 57.4 Å². The minimum atomic E-state index is -0.756. The van der Waals surface area contributed by atoms with Crippen LogP contribution in [0.2, 0.25) is 0 Å². The van der Waals surface area contributed by atoms with E-state index in [1.165, 1.54) is 5.56 Å². The van der Waals surface area contributed by atoms with Gasteiger partial charge in [0, 0.05) is 18.3 Å². The predicted molar refractivity (Wildman–Crippen MR) is 108 cm³/mol. The number of aromatic nitrogens is 1. The van der Waals surface area contributed by atoms with Gasteiger partial charge in [0.05, 0.1) is 17.1 Å². The van der Waals surface area contributed by atoms with E-state index in [0.717, 1.165) is 36.4 Å². The van der Waals surface area contributed by atoms with Crippen molar-refractivity contribution in [3.05, 3.63) is 52.0 Å². The van der Waals surface area contributed by atoms with E-state index in [1.807, 2.05) is 30.5 Å². The van der Waals surface area contributed by atoms with Crippen molar-refractivity contribution in [1.29, 1.82) is 0 Å². The molecule has 1 fully saturated rings. The molecular formula is C21H27N3O2S. The van der Waals surface area contributed by atoms with E-state index >= 15 is 0 Å². The second-order valence-electron chi connectivity index (χ2n) is 7.12. The topological polar surface area (TPSA) is 71.1 Å². The molecule has 1 aliphatic rings. The number of benzene rings is 1. The van der Waals surface area contributed by atoms with Gasteiger partial charge in [-0.1, -0.05) is 49.6 Å². The maximum atomic E-state index is 12.6. The van der Waals surface area contributed by atoms with Crippen LogP contribution in [0.3, 0.4) is 0 Å². The van der Waals surface area contributed by atoms with Crippen molar-refractivity contribution in [3.63, 3.8) is 0 Å². The first-order valence-electron chi connectivity index (χ1n) is 9.68. The van der Waals surface area contributed by atoms with E-state index < -0.39 is 5.54 Å². The summed E-state index contributed by atoms with van der Waals surface area (Å²) >= 11 is 1.58. The van der Waals surface area contributed by atoms with Gasteiger partial charge in [0.2, 0.25) is 11.8 Å². The molecule has 144 valence electrons. The van der Waals surface area contributed by atoms with Gasteiger partial charge in [-0.2, -0.15) is 0 Å². The Hall–Kier alpha value is -2.21. The summed E-state index contributed by atoms with van der Waals surface area (Å²) in [6.07, 6.45) is 5.46. The van der Waals surface area contributed by atoms with Crippen molar-refractivity contribution in [3.8, 4) is 0 Å². The number of carbonyl (C=O) groups is 2. The maximum absolute atomic E-state index is 12.6. The van der Waals surface area contributed by atoms with Crippen molar-refractivity contribution < 1.29 is 9.59 Å². The standard InChI is InChI=1S/C21H27N3O2S/c1-2-22-20(26)21(11-7-4-8-12-21)24-18(25)14-17-15-27-19(23-17)13-16-9-5-3-6-10-16/h3,5-6,9-10,15H,2,4,7-8,11-14H2,1H3,(H,22,26)(H,24,25). The van der Waals surface area contributed by atoms with Gasteiger partial charge in [0.15, 0.2) is 0 Å². The number of likely N-dealkylation sites (N-methyl/N-ethyl adjacent to an activating group) is 1. The Morgan fingerprint density at radius 2 is 1.89 bits per heavy atom. The molecule has 0 radical (unpaired) electrons. The normalized spacial score (nSPS) is 15.9. The fraction of sp³-hybridized carbons (Fsp3) is 0.476. The number of hydrogen-bond donors (Lipinski definition) is 2. The molecule has 5 nitrogen and oxygen atoms in total. The minimum Gasteiger partial charge on any atom is -0.354 e. The van der Waals surface area contributed by atoms with E-state index in [1.54, 1.807) is 11.3 Å². The molecule has 2 aromatic rings. The molecule has 1 aromatic heterocycles. The summed E-state index contributed by atoms with van der Waals surface area (Å²) in [5, 5.41) is 8.87. The lowest BCUT2D eigenvalue weighted by Crippen LogP contribution is -2.60. The molecule has 0 aliphatic heterocycles. The van der Waals surface area contributed by atoms with Crippen LogP contribution in [0.4, 0.5) is 0 Å². The Labute approximate surface area is 164 Å². The summed E-state index contributed by atoms with van der Waals surface area (Å²) in [7, 11) is 0. The fourth-order valence-corrected chi connectivity index (χ4v) is 4.48. The van der Waals surface area contributed by atoms with Crippen LogP contribution in [0.1, 0.15) is 55.3 Å². The molecule has 0 unspecified atom stereocenters. The Bertz CT molecular complexity index is 767. The average Bonchev–Trinajstić information content (AvgIpc) is 3.10. The van der Waals surface area contributed by atoms with E-state index in [4.69, 9.17) is 0 Å². The zero-order valence-electron chi connectivity index (χ0n) is 15.8. The summed E-state index contributed by atoms with van der Waals surface area (Å²) in [5.74, 6) is -0.180. The van der Waals surface area contributed by atoms with Gasteiger partial charge in [-0.15, -0.1) is 11.3 Å². The SMILES string of the molecule is CCNC(=O)C1(NC(=O)Cc2csc(Cc3ccccc3)n2)CCCCC1. The third kappa shape index (κ3) is 5.16. The summed E-state index contributed by atoms with van der Waals surface area (Å²) < 4.78 is 0. The molecule has 1 saturated carbocycles. The van der Waals surface area contributed by atoms with Crippen molar-refractivity contribution in [1.82, 2.24) is 15.6 Å². The van der Waals surface area contributed by atoms with Crippen molar-refractivity contribution >= 4 is 23.2 Å². The van der Waals surface area contributed by atoms with Gasteiger partial charge in [-0.05, 0) is 25.3 Å². The number of nitrogens with one attached hydrogen (secondary N) is 2. The molecule has 2 N–H and O–H groups in total. The molecule has 0 atom stereocenters. The van der Waals surface area contributed by atoms with Crippen LogP contribution in [0.5, 0.6) is 0 Å². The van der Waals surface area contributed by atoms with Crippen LogP contribution >= 0.6 is 11.3 Å². The highest BCUT2D eigenvalue weighted by molar-refractivity contribution is 7.09. The molecule has 27 heavy (non-hydrogen) atoms. The van der Waals surface area contributed by atoms with Crippen LogP contribution in [-0.2, 0) is 22.4 Å². The van der Waals surface area contributed by atoms with Gasteiger partial charge in [0.1, 0.15) is 5.54 Å². The molecule has 2 amide bonds. The number of hydrogen-bond acceptors (Lipinski definition) is 4. The first kappa shape index (κ1) is 19.5. The van der Waals surface area contributed by atoms with Gasteiger partial charge >= 0.3 is 0 Å². The quantitative estimate of drug-likeness (QED) is 0.769. The Morgan fingerprint density at radius 1 is 1.15 bits per heavy atom. The monoisotopic (exact) mass is 385 g/mol. The first-order valence-corrected chi connectivity index (χ1v) is 10.6. The smallest absolute Gasteiger partial charge is 0.245 e. The van der Waals surface area contributed by atoms with E-state index in [-0.39, 0.29) is 18.2 Å². The van der Waals surface area contributed by atoms with Gasteiger partial charge in [0.25, 0.3) is 0 Å². The van der Waals surface area contributed by atoms with E-state index in [9.17, 15) is 9.59 Å². The van der Waals surface area contributed by atoms with Crippen LogP contribution in [-0.4, -0.2) is 28.9 Å². The average molecular weight is 386 g/mol. The molecule has 6 heteroatoms. The van der Waals surface area contributed by atoms with Gasteiger partial charge in [-0.3, -0.25) is 9.59 Å². The maximum Gasteiger partial charge on any atom is 0.245 e.